The van der Waals surface area contributed by atoms with Crippen molar-refractivity contribution in [2.75, 3.05) is 0 Å². The van der Waals surface area contributed by atoms with E-state index in [1.165, 1.54) is 95.7 Å². The van der Waals surface area contributed by atoms with Crippen LogP contribution >= 0.6 is 0 Å². The average molecular weight is 387 g/mol. The zero-order chi connectivity index (χ0) is 20.1. The summed E-state index contributed by atoms with van der Waals surface area (Å²) in [5.74, 6) is 0. The largest absolute Gasteiger partial charge is 0.358 e. The topological polar surface area (TPSA) is 31.6 Å². The molecular formula is C27H34N2. The van der Waals surface area contributed by atoms with Crippen molar-refractivity contribution in [3.05, 3.63) is 71.0 Å². The molecule has 0 unspecified atom stereocenters. The maximum absolute atomic E-state index is 3.61. The monoisotopic (exact) mass is 386 g/mol. The molecule has 2 nitrogen and oxygen atoms in total. The van der Waals surface area contributed by atoms with Crippen molar-refractivity contribution in [1.82, 2.24) is 9.97 Å². The first-order valence-electron chi connectivity index (χ1n) is 11.5. The number of aromatic amines is 2. The standard InChI is InChI=1S/C27H34N2/c1-3-5-7-9-20-11-13-26-22(15-20)17-24(28-26)19-25-18-23-16-21(10-8-6-4-2)12-14-27(23)29-25/h11-18,28-29H,3-10,19H2,1-2H3. The van der Waals surface area contributed by atoms with Crippen molar-refractivity contribution in [2.24, 2.45) is 0 Å². The van der Waals surface area contributed by atoms with E-state index < -0.39 is 0 Å². The van der Waals surface area contributed by atoms with Crippen LogP contribution in [0.1, 0.15) is 74.9 Å². The molecule has 0 radical (unpaired) electrons. The molecule has 0 aliphatic heterocycles. The summed E-state index contributed by atoms with van der Waals surface area (Å²) in [4.78, 5) is 7.22. The Labute approximate surface area is 174 Å². The van der Waals surface area contributed by atoms with Gasteiger partial charge in [0.15, 0.2) is 0 Å². The Morgan fingerprint density at radius 1 is 0.586 bits per heavy atom. The lowest BCUT2D eigenvalue weighted by Crippen LogP contribution is -1.87. The predicted molar refractivity (Wildman–Crippen MR) is 126 cm³/mol. The third-order valence-corrected chi connectivity index (χ3v) is 6.00. The Hall–Kier alpha value is -2.48. The minimum Gasteiger partial charge on any atom is -0.358 e. The molecule has 0 saturated carbocycles. The Morgan fingerprint density at radius 3 is 1.52 bits per heavy atom. The summed E-state index contributed by atoms with van der Waals surface area (Å²) in [5.41, 5.74) is 7.96. The Morgan fingerprint density at radius 2 is 1.07 bits per heavy atom. The molecule has 2 heteroatoms. The first-order valence-corrected chi connectivity index (χ1v) is 11.5. The molecule has 4 aromatic rings. The fourth-order valence-corrected chi connectivity index (χ4v) is 4.35. The van der Waals surface area contributed by atoms with Crippen LogP contribution in [0.4, 0.5) is 0 Å². The van der Waals surface area contributed by atoms with Gasteiger partial charge in [-0.25, -0.2) is 0 Å². The van der Waals surface area contributed by atoms with Crippen LogP contribution in [-0.4, -0.2) is 9.97 Å². The van der Waals surface area contributed by atoms with Gasteiger partial charge in [0.05, 0.1) is 0 Å². The quantitative estimate of drug-likeness (QED) is 0.262. The Bertz CT molecular complexity index is 981. The van der Waals surface area contributed by atoms with Gasteiger partial charge >= 0.3 is 0 Å². The summed E-state index contributed by atoms with van der Waals surface area (Å²) in [6.07, 6.45) is 11.1. The van der Waals surface area contributed by atoms with Crippen molar-refractivity contribution >= 4 is 21.8 Å². The Kier molecular flexibility index (Phi) is 6.39. The van der Waals surface area contributed by atoms with Gasteiger partial charge in [-0.3, -0.25) is 0 Å². The highest BCUT2D eigenvalue weighted by atomic mass is 14.7. The zero-order valence-corrected chi connectivity index (χ0v) is 18.0. The van der Waals surface area contributed by atoms with Gasteiger partial charge < -0.3 is 9.97 Å². The maximum Gasteiger partial charge on any atom is 0.0456 e. The average Bonchev–Trinajstić information content (AvgIpc) is 3.30. The van der Waals surface area contributed by atoms with Crippen molar-refractivity contribution < 1.29 is 0 Å². The van der Waals surface area contributed by atoms with E-state index in [4.69, 9.17) is 0 Å². The molecule has 0 fully saturated rings. The van der Waals surface area contributed by atoms with Gasteiger partial charge in [0, 0.05) is 28.8 Å². The van der Waals surface area contributed by atoms with Gasteiger partial charge in [-0.1, -0.05) is 51.7 Å². The van der Waals surface area contributed by atoms with E-state index in [2.05, 4.69) is 72.3 Å². The number of nitrogens with one attached hydrogen (secondary N) is 2. The van der Waals surface area contributed by atoms with Gasteiger partial charge in [0.1, 0.15) is 0 Å². The number of benzene rings is 2. The summed E-state index contributed by atoms with van der Waals surface area (Å²) < 4.78 is 0. The number of unbranched alkanes of at least 4 members (excludes halogenated alkanes) is 4. The van der Waals surface area contributed by atoms with Gasteiger partial charge in [-0.2, -0.15) is 0 Å². The molecule has 29 heavy (non-hydrogen) atoms. The van der Waals surface area contributed by atoms with E-state index >= 15 is 0 Å². The third-order valence-electron chi connectivity index (χ3n) is 6.00. The molecule has 0 amide bonds. The Balaban J connectivity index is 1.47. The second-order valence-electron chi connectivity index (χ2n) is 8.52. The number of H-pyrrole nitrogens is 2. The molecule has 2 N–H and O–H groups in total. The minimum absolute atomic E-state index is 0.916. The van der Waals surface area contributed by atoms with Crippen LogP contribution in [0.5, 0.6) is 0 Å². The highest BCUT2D eigenvalue weighted by molar-refractivity contribution is 5.82. The van der Waals surface area contributed by atoms with Gasteiger partial charge in [0.25, 0.3) is 0 Å². The fraction of sp³-hybridized carbons (Fsp3) is 0.407. The maximum atomic E-state index is 3.61. The first kappa shape index (κ1) is 19.8. The van der Waals surface area contributed by atoms with Crippen LogP contribution in [0.3, 0.4) is 0 Å². The molecule has 0 bridgehead atoms. The van der Waals surface area contributed by atoms with Crippen LogP contribution in [-0.2, 0) is 19.3 Å². The van der Waals surface area contributed by atoms with E-state index in [1.54, 1.807) is 0 Å². The van der Waals surface area contributed by atoms with E-state index in [0.717, 1.165) is 6.42 Å². The molecule has 0 aliphatic carbocycles. The zero-order valence-electron chi connectivity index (χ0n) is 18.0. The molecule has 0 aliphatic rings. The van der Waals surface area contributed by atoms with Gasteiger partial charge in [0.2, 0.25) is 0 Å². The number of rotatable bonds is 10. The molecule has 2 heterocycles. The molecule has 0 atom stereocenters. The first-order chi connectivity index (χ1) is 14.2. The molecule has 152 valence electrons. The summed E-state index contributed by atoms with van der Waals surface area (Å²) in [7, 11) is 0. The molecule has 2 aromatic carbocycles. The smallest absolute Gasteiger partial charge is 0.0456 e. The third kappa shape index (κ3) is 4.93. The molecule has 4 rings (SSSR count). The van der Waals surface area contributed by atoms with Crippen molar-refractivity contribution in [2.45, 2.75) is 71.6 Å². The van der Waals surface area contributed by atoms with Crippen LogP contribution in [0, 0.1) is 0 Å². The normalized spacial score (nSPS) is 11.7. The number of hydrogen-bond donors (Lipinski definition) is 2. The SMILES string of the molecule is CCCCCc1ccc2[nH]c(Cc3cc4cc(CCCCC)ccc4[nH]3)cc2c1. The molecule has 0 spiro atoms. The summed E-state index contributed by atoms with van der Waals surface area (Å²) in [6.45, 7) is 4.53. The van der Waals surface area contributed by atoms with E-state index in [-0.39, 0.29) is 0 Å². The number of hydrogen-bond acceptors (Lipinski definition) is 0. The van der Waals surface area contributed by atoms with Crippen LogP contribution in [0.2, 0.25) is 0 Å². The summed E-state index contributed by atoms with van der Waals surface area (Å²) in [6, 6.07) is 18.4. The van der Waals surface area contributed by atoms with Crippen LogP contribution < -0.4 is 0 Å². The highest BCUT2D eigenvalue weighted by Crippen LogP contribution is 2.23. The lowest BCUT2D eigenvalue weighted by atomic mass is 10.1. The van der Waals surface area contributed by atoms with E-state index in [1.807, 2.05) is 0 Å². The number of aromatic nitrogens is 2. The molecule has 2 aromatic heterocycles. The second kappa shape index (κ2) is 9.35. The van der Waals surface area contributed by atoms with Crippen molar-refractivity contribution in [3.63, 3.8) is 0 Å². The second-order valence-corrected chi connectivity index (χ2v) is 8.52. The van der Waals surface area contributed by atoms with E-state index in [9.17, 15) is 0 Å². The minimum atomic E-state index is 0.916. The highest BCUT2D eigenvalue weighted by Gasteiger charge is 2.07. The lowest BCUT2D eigenvalue weighted by molar-refractivity contribution is 0.718. The summed E-state index contributed by atoms with van der Waals surface area (Å²) >= 11 is 0. The molecule has 0 saturated heterocycles. The van der Waals surface area contributed by atoms with Crippen molar-refractivity contribution in [3.8, 4) is 0 Å². The van der Waals surface area contributed by atoms with Crippen LogP contribution in [0.25, 0.3) is 21.8 Å². The van der Waals surface area contributed by atoms with Crippen LogP contribution in [0.15, 0.2) is 48.5 Å². The van der Waals surface area contributed by atoms with Gasteiger partial charge in [-0.05, 0) is 84.0 Å². The predicted octanol–water partition coefficient (Wildman–Crippen LogP) is 7.71. The van der Waals surface area contributed by atoms with Gasteiger partial charge in [-0.15, -0.1) is 0 Å². The van der Waals surface area contributed by atoms with Crippen molar-refractivity contribution in [1.29, 1.82) is 0 Å². The summed E-state index contributed by atoms with van der Waals surface area (Å²) in [5, 5.41) is 2.67. The number of fused-ring (bicyclic) bond motifs is 2. The fourth-order valence-electron chi connectivity index (χ4n) is 4.35. The lowest BCUT2D eigenvalue weighted by Gasteiger charge is -2.00. The molecular weight excluding hydrogens is 352 g/mol. The van der Waals surface area contributed by atoms with E-state index in [0.29, 0.717) is 0 Å². The number of aryl methyl sites for hydroxylation is 2.